The number of benzene rings is 1. The first-order valence-electron chi connectivity index (χ1n) is 10.2. The molecular weight excluding hydrogens is 406 g/mol. The molecule has 0 spiro atoms. The Morgan fingerprint density at radius 2 is 1.88 bits per heavy atom. The molecule has 5 rings (SSSR count). The van der Waals surface area contributed by atoms with E-state index in [2.05, 4.69) is 40.8 Å². The maximum Gasteiger partial charge on any atom is 0.252 e. The largest absolute Gasteiger partial charge is 0.378 e. The van der Waals surface area contributed by atoms with Crippen molar-refractivity contribution in [1.29, 1.82) is 0 Å². The topological polar surface area (TPSA) is 123 Å². The molecular formula is C22H21N9O. The molecule has 0 radical (unpaired) electrons. The van der Waals surface area contributed by atoms with Crippen LogP contribution in [0, 0.1) is 0 Å². The molecule has 3 heterocycles. The van der Waals surface area contributed by atoms with Crippen LogP contribution in [0.3, 0.4) is 0 Å². The van der Waals surface area contributed by atoms with Gasteiger partial charge in [-0.1, -0.05) is 6.07 Å². The van der Waals surface area contributed by atoms with Crippen LogP contribution in [0.25, 0.3) is 11.5 Å². The third-order valence-electron chi connectivity index (χ3n) is 5.53. The number of aromatic nitrogens is 7. The van der Waals surface area contributed by atoms with Gasteiger partial charge in [-0.15, -0.1) is 10.2 Å². The van der Waals surface area contributed by atoms with Crippen LogP contribution in [0.2, 0.25) is 0 Å². The lowest BCUT2D eigenvalue weighted by Gasteiger charge is -2.17. The van der Waals surface area contributed by atoms with E-state index in [4.69, 9.17) is 0 Å². The van der Waals surface area contributed by atoms with Crippen molar-refractivity contribution in [2.75, 3.05) is 5.32 Å². The summed E-state index contributed by atoms with van der Waals surface area (Å²) in [5.41, 5.74) is 2.56. The van der Waals surface area contributed by atoms with E-state index in [1.807, 2.05) is 35.9 Å². The van der Waals surface area contributed by atoms with Gasteiger partial charge in [-0.25, -0.2) is 19.9 Å². The number of hydrogen-bond donors (Lipinski definition) is 2. The number of carbonyl (C=O) groups is 1. The van der Waals surface area contributed by atoms with E-state index in [1.54, 1.807) is 24.5 Å². The summed E-state index contributed by atoms with van der Waals surface area (Å²) in [4.78, 5) is 29.3. The number of carbonyl (C=O) groups excluding carboxylic acids is 1. The molecule has 10 heteroatoms. The van der Waals surface area contributed by atoms with Crippen LogP contribution < -0.4 is 10.6 Å². The second-order valence-electron chi connectivity index (χ2n) is 7.66. The van der Waals surface area contributed by atoms with E-state index < -0.39 is 0 Å². The van der Waals surface area contributed by atoms with Crippen molar-refractivity contribution in [1.82, 2.24) is 40.0 Å². The van der Waals surface area contributed by atoms with Gasteiger partial charge in [0.05, 0.1) is 17.8 Å². The second-order valence-corrected chi connectivity index (χ2v) is 7.66. The molecule has 1 aliphatic carbocycles. The first-order chi connectivity index (χ1) is 15.6. The highest BCUT2D eigenvalue weighted by Crippen LogP contribution is 2.44. The summed E-state index contributed by atoms with van der Waals surface area (Å²) in [6.45, 7) is 0.449. The monoisotopic (exact) mass is 427 g/mol. The summed E-state index contributed by atoms with van der Waals surface area (Å²) in [5.74, 6) is 1.28. The van der Waals surface area contributed by atoms with Crippen molar-refractivity contribution in [3.05, 3.63) is 78.5 Å². The average Bonchev–Trinajstić information content (AvgIpc) is 3.53. The third kappa shape index (κ3) is 3.89. The lowest BCUT2D eigenvalue weighted by molar-refractivity contribution is 0.0929. The zero-order valence-electron chi connectivity index (χ0n) is 17.4. The Balaban J connectivity index is 1.26. The van der Waals surface area contributed by atoms with Crippen molar-refractivity contribution < 1.29 is 4.79 Å². The molecule has 3 aromatic heterocycles. The Kier molecular flexibility index (Phi) is 5.02. The van der Waals surface area contributed by atoms with Crippen molar-refractivity contribution in [3.8, 4) is 11.5 Å². The van der Waals surface area contributed by atoms with Gasteiger partial charge in [0, 0.05) is 30.7 Å². The lowest BCUT2D eigenvalue weighted by atomic mass is 10.1. The molecule has 1 saturated carbocycles. The van der Waals surface area contributed by atoms with Gasteiger partial charge in [-0.05, 0) is 43.2 Å². The van der Waals surface area contributed by atoms with Gasteiger partial charge in [-0.2, -0.15) is 0 Å². The Hall–Kier alpha value is -4.21. The van der Waals surface area contributed by atoms with Gasteiger partial charge in [0.15, 0.2) is 11.6 Å². The molecule has 1 fully saturated rings. The number of hydrogen-bond acceptors (Lipinski definition) is 8. The summed E-state index contributed by atoms with van der Waals surface area (Å²) in [5, 5.41) is 14.9. The Bertz CT molecular complexity index is 1240. The van der Waals surface area contributed by atoms with Crippen molar-refractivity contribution >= 4 is 11.6 Å². The van der Waals surface area contributed by atoms with Crippen molar-refractivity contribution in [2.45, 2.75) is 24.9 Å². The summed E-state index contributed by atoms with van der Waals surface area (Å²) >= 11 is 0. The number of rotatable bonds is 7. The van der Waals surface area contributed by atoms with Crippen molar-refractivity contribution in [3.63, 3.8) is 0 Å². The van der Waals surface area contributed by atoms with E-state index >= 15 is 0 Å². The van der Waals surface area contributed by atoms with E-state index in [9.17, 15) is 4.79 Å². The molecule has 4 aromatic rings. The maximum atomic E-state index is 12.9. The number of nitrogens with one attached hydrogen (secondary N) is 2. The fraction of sp³-hybridized carbons (Fsp3) is 0.227. The highest BCUT2D eigenvalue weighted by Gasteiger charge is 2.47. The molecule has 0 atom stereocenters. The van der Waals surface area contributed by atoms with Gasteiger partial charge >= 0.3 is 0 Å². The first-order valence-corrected chi connectivity index (χ1v) is 10.2. The predicted molar refractivity (Wildman–Crippen MR) is 116 cm³/mol. The van der Waals surface area contributed by atoms with Gasteiger partial charge in [0.2, 0.25) is 0 Å². The van der Waals surface area contributed by atoms with Gasteiger partial charge < -0.3 is 15.2 Å². The second kappa shape index (κ2) is 8.14. The highest BCUT2D eigenvalue weighted by molar-refractivity contribution is 5.95. The lowest BCUT2D eigenvalue weighted by Crippen LogP contribution is -2.35. The minimum Gasteiger partial charge on any atom is -0.378 e. The SMILES string of the molecule is Cn1c(CNc2cccc(C(=O)NC3(c4ccncn4)CC3)c2)nnc1-c1ccncn1. The molecule has 32 heavy (non-hydrogen) atoms. The number of nitrogens with zero attached hydrogens (tertiary/aromatic N) is 7. The number of amides is 1. The minimum atomic E-state index is -0.389. The van der Waals surface area contributed by atoms with Crippen LogP contribution in [0.1, 0.15) is 34.7 Å². The van der Waals surface area contributed by atoms with E-state index in [0.29, 0.717) is 23.6 Å². The standard InChI is InChI=1S/C22H21N9O/c1-31-19(29-30-20(31)17-5-9-23-13-26-17)12-25-16-4-2-3-15(11-16)21(32)28-22(7-8-22)18-6-10-24-14-27-18/h2-6,9-11,13-14,25H,7-8,12H2,1H3,(H,28,32). The fourth-order valence-electron chi connectivity index (χ4n) is 3.55. The van der Waals surface area contributed by atoms with Gasteiger partial charge in [0.1, 0.15) is 18.3 Å². The van der Waals surface area contributed by atoms with E-state index in [1.165, 1.54) is 12.7 Å². The molecule has 1 amide bonds. The molecule has 1 aromatic carbocycles. The molecule has 160 valence electrons. The van der Waals surface area contributed by atoms with Crippen LogP contribution in [0.5, 0.6) is 0 Å². The molecule has 0 aliphatic heterocycles. The van der Waals surface area contributed by atoms with Crippen LogP contribution >= 0.6 is 0 Å². The minimum absolute atomic E-state index is 0.130. The smallest absolute Gasteiger partial charge is 0.252 e. The summed E-state index contributed by atoms with van der Waals surface area (Å²) in [6, 6.07) is 11.0. The summed E-state index contributed by atoms with van der Waals surface area (Å²) < 4.78 is 1.88. The maximum absolute atomic E-state index is 12.9. The van der Waals surface area contributed by atoms with Gasteiger partial charge in [0.25, 0.3) is 5.91 Å². The summed E-state index contributed by atoms with van der Waals surface area (Å²) in [7, 11) is 1.89. The van der Waals surface area contributed by atoms with Gasteiger partial charge in [-0.3, -0.25) is 4.79 Å². The fourth-order valence-corrected chi connectivity index (χ4v) is 3.55. The van der Waals surface area contributed by atoms with Crippen LogP contribution in [0.15, 0.2) is 61.4 Å². The first kappa shape index (κ1) is 19.7. The third-order valence-corrected chi connectivity index (χ3v) is 5.53. The molecule has 0 saturated heterocycles. The predicted octanol–water partition coefficient (Wildman–Crippen LogP) is 2.09. The Morgan fingerprint density at radius 1 is 1.06 bits per heavy atom. The molecule has 0 unspecified atom stereocenters. The van der Waals surface area contributed by atoms with Crippen LogP contribution in [-0.4, -0.2) is 40.6 Å². The summed E-state index contributed by atoms with van der Waals surface area (Å²) in [6.07, 6.45) is 8.09. The molecule has 10 nitrogen and oxygen atoms in total. The average molecular weight is 427 g/mol. The van der Waals surface area contributed by atoms with Crippen LogP contribution in [0.4, 0.5) is 5.69 Å². The Labute approximate surface area is 184 Å². The quantitative estimate of drug-likeness (QED) is 0.460. The van der Waals surface area contributed by atoms with Crippen molar-refractivity contribution in [2.24, 2.45) is 7.05 Å². The molecule has 1 aliphatic rings. The zero-order chi connectivity index (χ0) is 22.0. The highest BCUT2D eigenvalue weighted by atomic mass is 16.1. The molecule has 2 N–H and O–H groups in total. The number of anilines is 1. The Morgan fingerprint density at radius 3 is 2.59 bits per heavy atom. The van der Waals surface area contributed by atoms with E-state index in [-0.39, 0.29) is 11.4 Å². The zero-order valence-corrected chi connectivity index (χ0v) is 17.4. The van der Waals surface area contributed by atoms with Crippen LogP contribution in [-0.2, 0) is 19.1 Å². The normalized spacial score (nSPS) is 14.0. The molecule has 0 bridgehead atoms. The van der Waals surface area contributed by atoms with E-state index in [0.717, 1.165) is 30.0 Å².